The van der Waals surface area contributed by atoms with E-state index in [4.69, 9.17) is 0 Å². The standard InChI is InChI=1S/C17H26N2O/c1-18-9-7-13(8-10-18)12-19(2)17-6-3-14-11-15(20)4-5-16(14)17/h4-5,11,13,17,20H,3,6-10,12H2,1-2H3. The van der Waals surface area contributed by atoms with Gasteiger partial charge in [0.05, 0.1) is 0 Å². The van der Waals surface area contributed by atoms with E-state index in [0.717, 1.165) is 12.3 Å². The summed E-state index contributed by atoms with van der Waals surface area (Å²) in [7, 11) is 4.49. The molecule has 0 spiro atoms. The van der Waals surface area contributed by atoms with Crippen LogP contribution in [0.2, 0.25) is 0 Å². The van der Waals surface area contributed by atoms with Crippen LogP contribution in [0.3, 0.4) is 0 Å². The molecule has 1 unspecified atom stereocenters. The van der Waals surface area contributed by atoms with Gasteiger partial charge in [0.15, 0.2) is 0 Å². The summed E-state index contributed by atoms with van der Waals surface area (Å²) in [4.78, 5) is 4.98. The Morgan fingerprint density at radius 2 is 2.00 bits per heavy atom. The second kappa shape index (κ2) is 5.74. The van der Waals surface area contributed by atoms with Crippen molar-refractivity contribution in [3.63, 3.8) is 0 Å². The third-order valence-corrected chi connectivity index (χ3v) is 5.09. The van der Waals surface area contributed by atoms with Crippen molar-refractivity contribution in [3.8, 4) is 5.75 Å². The number of phenols is 1. The van der Waals surface area contributed by atoms with Gasteiger partial charge in [-0.25, -0.2) is 0 Å². The molecule has 1 fully saturated rings. The molecule has 1 N–H and O–H groups in total. The maximum atomic E-state index is 9.59. The van der Waals surface area contributed by atoms with Crippen molar-refractivity contribution >= 4 is 0 Å². The highest BCUT2D eigenvalue weighted by Gasteiger charge is 2.28. The number of aryl methyl sites for hydroxylation is 1. The van der Waals surface area contributed by atoms with Gasteiger partial charge < -0.3 is 10.0 Å². The van der Waals surface area contributed by atoms with Crippen molar-refractivity contribution in [1.82, 2.24) is 9.80 Å². The largest absolute Gasteiger partial charge is 0.508 e. The maximum Gasteiger partial charge on any atom is 0.115 e. The number of benzene rings is 1. The van der Waals surface area contributed by atoms with Crippen LogP contribution in [0.4, 0.5) is 0 Å². The number of fused-ring (bicyclic) bond motifs is 1. The molecule has 3 rings (SSSR count). The van der Waals surface area contributed by atoms with Crippen LogP contribution in [0.15, 0.2) is 18.2 Å². The van der Waals surface area contributed by atoms with Gasteiger partial charge in [-0.3, -0.25) is 4.90 Å². The molecular formula is C17H26N2O. The predicted octanol–water partition coefficient (Wildman–Crippen LogP) is 2.65. The highest BCUT2D eigenvalue weighted by molar-refractivity contribution is 5.40. The van der Waals surface area contributed by atoms with E-state index in [0.29, 0.717) is 11.8 Å². The lowest BCUT2D eigenvalue weighted by Gasteiger charge is -2.34. The molecule has 3 heteroatoms. The number of phenolic OH excluding ortho intramolecular Hbond substituents is 1. The van der Waals surface area contributed by atoms with Crippen LogP contribution in [-0.4, -0.2) is 48.6 Å². The Morgan fingerprint density at radius 1 is 1.25 bits per heavy atom. The molecule has 2 aliphatic rings. The van der Waals surface area contributed by atoms with Crippen LogP contribution < -0.4 is 0 Å². The highest BCUT2D eigenvalue weighted by Crippen LogP contribution is 2.37. The van der Waals surface area contributed by atoms with Gasteiger partial charge in [-0.2, -0.15) is 0 Å². The first-order valence-corrected chi connectivity index (χ1v) is 7.84. The minimum absolute atomic E-state index is 0.405. The molecule has 1 heterocycles. The quantitative estimate of drug-likeness (QED) is 0.918. The third kappa shape index (κ3) is 2.84. The molecule has 0 aromatic heterocycles. The van der Waals surface area contributed by atoms with Gasteiger partial charge in [-0.15, -0.1) is 0 Å². The fourth-order valence-corrected chi connectivity index (χ4v) is 3.82. The molecular weight excluding hydrogens is 248 g/mol. The monoisotopic (exact) mass is 274 g/mol. The minimum atomic E-state index is 0.405. The van der Waals surface area contributed by atoms with Crippen LogP contribution in [0, 0.1) is 5.92 Å². The average Bonchev–Trinajstić information content (AvgIpc) is 2.84. The number of hydrogen-bond donors (Lipinski definition) is 1. The zero-order valence-electron chi connectivity index (χ0n) is 12.7. The molecule has 0 radical (unpaired) electrons. The van der Waals surface area contributed by atoms with E-state index in [1.54, 1.807) is 0 Å². The number of rotatable bonds is 3. The van der Waals surface area contributed by atoms with E-state index in [-0.39, 0.29) is 0 Å². The Labute approximate surface area is 122 Å². The fraction of sp³-hybridized carbons (Fsp3) is 0.647. The van der Waals surface area contributed by atoms with Crippen LogP contribution in [0.1, 0.15) is 36.4 Å². The number of hydrogen-bond acceptors (Lipinski definition) is 3. The second-order valence-corrected chi connectivity index (χ2v) is 6.62. The van der Waals surface area contributed by atoms with E-state index in [2.05, 4.69) is 30.0 Å². The Hall–Kier alpha value is -1.06. The molecule has 3 nitrogen and oxygen atoms in total. The maximum absolute atomic E-state index is 9.59. The van der Waals surface area contributed by atoms with Crippen molar-refractivity contribution in [1.29, 1.82) is 0 Å². The highest BCUT2D eigenvalue weighted by atomic mass is 16.3. The van der Waals surface area contributed by atoms with Crippen molar-refractivity contribution in [2.75, 3.05) is 33.7 Å². The van der Waals surface area contributed by atoms with E-state index in [9.17, 15) is 5.11 Å². The van der Waals surface area contributed by atoms with Gasteiger partial charge in [0, 0.05) is 12.6 Å². The van der Waals surface area contributed by atoms with Gasteiger partial charge in [0.1, 0.15) is 5.75 Å². The zero-order valence-corrected chi connectivity index (χ0v) is 12.7. The summed E-state index contributed by atoms with van der Waals surface area (Å²) >= 11 is 0. The summed E-state index contributed by atoms with van der Waals surface area (Å²) in [6.45, 7) is 3.69. The lowest BCUT2D eigenvalue weighted by atomic mass is 9.95. The molecule has 1 aromatic carbocycles. The lowest BCUT2D eigenvalue weighted by molar-refractivity contribution is 0.149. The summed E-state index contributed by atoms with van der Waals surface area (Å²) in [5, 5.41) is 9.59. The van der Waals surface area contributed by atoms with E-state index < -0.39 is 0 Å². The normalized spacial score (nSPS) is 24.2. The van der Waals surface area contributed by atoms with Crippen molar-refractivity contribution in [2.45, 2.75) is 31.7 Å². The Bertz CT molecular complexity index is 466. The summed E-state index contributed by atoms with van der Waals surface area (Å²) in [6, 6.07) is 6.44. The molecule has 1 aliphatic heterocycles. The van der Waals surface area contributed by atoms with Crippen LogP contribution in [0.25, 0.3) is 0 Å². The minimum Gasteiger partial charge on any atom is -0.508 e. The van der Waals surface area contributed by atoms with Gasteiger partial charge in [-0.05, 0) is 82.0 Å². The first kappa shape index (κ1) is 13.9. The topological polar surface area (TPSA) is 26.7 Å². The van der Waals surface area contributed by atoms with Crippen LogP contribution >= 0.6 is 0 Å². The molecule has 0 saturated carbocycles. The first-order valence-electron chi connectivity index (χ1n) is 7.84. The molecule has 0 amide bonds. The molecule has 1 saturated heterocycles. The van der Waals surface area contributed by atoms with Crippen molar-refractivity contribution in [2.24, 2.45) is 5.92 Å². The molecule has 1 aromatic rings. The molecule has 0 bridgehead atoms. The predicted molar refractivity (Wildman–Crippen MR) is 82.0 cm³/mol. The summed E-state index contributed by atoms with van der Waals surface area (Å²) in [6.07, 6.45) is 4.96. The van der Waals surface area contributed by atoms with Crippen molar-refractivity contribution < 1.29 is 5.11 Å². The number of likely N-dealkylation sites (tertiary alicyclic amines) is 1. The smallest absolute Gasteiger partial charge is 0.115 e. The van der Waals surface area contributed by atoms with Gasteiger partial charge in [-0.1, -0.05) is 6.07 Å². The molecule has 1 aliphatic carbocycles. The first-order chi connectivity index (χ1) is 9.63. The number of aromatic hydroxyl groups is 1. The summed E-state index contributed by atoms with van der Waals surface area (Å²) < 4.78 is 0. The fourth-order valence-electron chi connectivity index (χ4n) is 3.82. The Kier molecular flexibility index (Phi) is 3.99. The zero-order chi connectivity index (χ0) is 14.1. The third-order valence-electron chi connectivity index (χ3n) is 5.09. The molecule has 20 heavy (non-hydrogen) atoms. The molecule has 1 atom stereocenters. The van der Waals surface area contributed by atoms with Crippen LogP contribution in [0.5, 0.6) is 5.75 Å². The number of piperidine rings is 1. The number of nitrogens with zero attached hydrogens (tertiary/aromatic N) is 2. The van der Waals surface area contributed by atoms with Gasteiger partial charge in [0.2, 0.25) is 0 Å². The van der Waals surface area contributed by atoms with Crippen LogP contribution in [-0.2, 0) is 6.42 Å². The Morgan fingerprint density at radius 3 is 2.75 bits per heavy atom. The summed E-state index contributed by atoms with van der Waals surface area (Å²) in [5.74, 6) is 1.25. The van der Waals surface area contributed by atoms with Crippen molar-refractivity contribution in [3.05, 3.63) is 29.3 Å². The van der Waals surface area contributed by atoms with E-state index in [1.165, 1.54) is 50.0 Å². The van der Waals surface area contributed by atoms with Gasteiger partial charge in [0.25, 0.3) is 0 Å². The molecule has 110 valence electrons. The average molecular weight is 274 g/mol. The van der Waals surface area contributed by atoms with E-state index in [1.807, 2.05) is 12.1 Å². The second-order valence-electron chi connectivity index (χ2n) is 6.62. The SMILES string of the molecule is CN1CCC(CN(C)C2CCc3cc(O)ccc32)CC1. The Balaban J connectivity index is 1.63. The van der Waals surface area contributed by atoms with Gasteiger partial charge >= 0.3 is 0 Å². The summed E-state index contributed by atoms with van der Waals surface area (Å²) in [5.41, 5.74) is 2.77. The van der Waals surface area contributed by atoms with E-state index >= 15 is 0 Å². The lowest BCUT2D eigenvalue weighted by Crippen LogP contribution is -2.36.